The van der Waals surface area contributed by atoms with Crippen molar-refractivity contribution < 1.29 is 0 Å². The highest BCUT2D eigenvalue weighted by atomic mass is 15.0. The molecule has 246 valence electrons. The van der Waals surface area contributed by atoms with Gasteiger partial charge in [0.15, 0.2) is 0 Å². The molecule has 2 aliphatic rings. The third-order valence-corrected chi connectivity index (χ3v) is 12.3. The van der Waals surface area contributed by atoms with Crippen LogP contribution in [-0.2, 0) is 5.41 Å². The van der Waals surface area contributed by atoms with Gasteiger partial charge in [0.1, 0.15) is 0 Å². The van der Waals surface area contributed by atoms with E-state index in [4.69, 9.17) is 0 Å². The summed E-state index contributed by atoms with van der Waals surface area (Å²) < 4.78 is 2.50. The van der Waals surface area contributed by atoms with Crippen molar-refractivity contribution in [2.45, 2.75) is 12.3 Å². The fourth-order valence-corrected chi connectivity index (χ4v) is 10.2. The quantitative estimate of drug-likeness (QED) is 0.161. The molecule has 1 aromatic heterocycles. The lowest BCUT2D eigenvalue weighted by atomic mass is 9.70. The minimum atomic E-state index is -0.347. The molecule has 1 spiro atoms. The van der Waals surface area contributed by atoms with E-state index in [2.05, 4.69) is 193 Å². The van der Waals surface area contributed by atoms with Gasteiger partial charge in [-0.3, -0.25) is 0 Å². The summed E-state index contributed by atoms with van der Waals surface area (Å²) in [6.07, 6.45) is 0. The molecule has 2 aliphatic carbocycles. The van der Waals surface area contributed by atoms with Gasteiger partial charge in [-0.05, 0) is 102 Å². The Morgan fingerprint density at radius 1 is 0.396 bits per heavy atom. The largest absolute Gasteiger partial charge is 0.309 e. The molecule has 0 aliphatic heterocycles. The Hall–Kier alpha value is -6.70. The zero-order chi connectivity index (χ0) is 34.8. The van der Waals surface area contributed by atoms with E-state index in [1.54, 1.807) is 0 Å². The first-order valence-corrected chi connectivity index (χ1v) is 18.6. The fraction of sp³-hybridized carbons (Fsp3) is 0.0385. The number of hydrogen-bond donors (Lipinski definition) is 0. The van der Waals surface area contributed by atoms with Crippen LogP contribution in [0.1, 0.15) is 27.8 Å². The van der Waals surface area contributed by atoms with Crippen LogP contribution in [-0.4, -0.2) is 4.57 Å². The Balaban J connectivity index is 1.11. The standard InChI is InChI=1S/C52H33N/c1-32-25-30-43-48(31-32)53(51-41-18-5-3-14-37(41)36-13-2-4-17-40(36)50(43)51)34-28-26-33(27-29-34)35-20-12-24-47-49(35)42-19-8-11-23-46(42)52(47)44-21-9-6-15-38(44)39-16-7-10-22-45(39)52/h2-31H,1H3. The molecule has 12 rings (SSSR count). The second kappa shape index (κ2) is 10.4. The lowest BCUT2D eigenvalue weighted by Crippen LogP contribution is -2.25. The average Bonchev–Trinajstić information content (AvgIpc) is 3.83. The van der Waals surface area contributed by atoms with Crippen LogP contribution in [0, 0.1) is 6.92 Å². The van der Waals surface area contributed by atoms with Crippen molar-refractivity contribution in [2.24, 2.45) is 0 Å². The number of aryl methyl sites for hydroxylation is 1. The van der Waals surface area contributed by atoms with E-state index < -0.39 is 0 Å². The first-order chi connectivity index (χ1) is 26.2. The Bertz CT molecular complexity index is 3130. The lowest BCUT2D eigenvalue weighted by Gasteiger charge is -2.30. The first kappa shape index (κ1) is 28.9. The molecule has 1 nitrogen and oxygen atoms in total. The molecule has 0 radical (unpaired) electrons. The van der Waals surface area contributed by atoms with Crippen molar-refractivity contribution in [3.8, 4) is 39.1 Å². The highest BCUT2D eigenvalue weighted by molar-refractivity contribution is 6.32. The van der Waals surface area contributed by atoms with Gasteiger partial charge in [-0.1, -0.05) is 164 Å². The van der Waals surface area contributed by atoms with E-state index in [0.717, 1.165) is 0 Å². The number of benzene rings is 9. The third-order valence-electron chi connectivity index (χ3n) is 12.3. The van der Waals surface area contributed by atoms with Crippen molar-refractivity contribution in [1.82, 2.24) is 4.57 Å². The van der Waals surface area contributed by atoms with Gasteiger partial charge in [-0.2, -0.15) is 0 Å². The van der Waals surface area contributed by atoms with Crippen molar-refractivity contribution in [1.29, 1.82) is 0 Å². The summed E-state index contributed by atoms with van der Waals surface area (Å²) in [5.41, 5.74) is 17.9. The van der Waals surface area contributed by atoms with Crippen LogP contribution in [0.5, 0.6) is 0 Å². The number of rotatable bonds is 2. The molecule has 1 heterocycles. The van der Waals surface area contributed by atoms with Gasteiger partial charge in [0, 0.05) is 21.8 Å². The zero-order valence-corrected chi connectivity index (χ0v) is 29.3. The topological polar surface area (TPSA) is 4.93 Å². The molecule has 0 atom stereocenters. The van der Waals surface area contributed by atoms with Gasteiger partial charge in [0.25, 0.3) is 0 Å². The molecule has 0 N–H and O–H groups in total. The van der Waals surface area contributed by atoms with Crippen LogP contribution in [0.15, 0.2) is 182 Å². The van der Waals surface area contributed by atoms with Crippen molar-refractivity contribution >= 4 is 43.4 Å². The van der Waals surface area contributed by atoms with Crippen LogP contribution >= 0.6 is 0 Å². The number of fused-ring (bicyclic) bond motifs is 18. The number of hydrogen-bond acceptors (Lipinski definition) is 0. The van der Waals surface area contributed by atoms with Gasteiger partial charge in [-0.15, -0.1) is 0 Å². The van der Waals surface area contributed by atoms with E-state index in [0.29, 0.717) is 0 Å². The second-order valence-corrected chi connectivity index (χ2v) is 14.8. The van der Waals surface area contributed by atoms with Crippen LogP contribution in [0.3, 0.4) is 0 Å². The smallest absolute Gasteiger partial charge is 0.0725 e. The molecular weight excluding hydrogens is 639 g/mol. The van der Waals surface area contributed by atoms with Gasteiger partial charge in [-0.25, -0.2) is 0 Å². The Kier molecular flexibility index (Phi) is 5.70. The summed E-state index contributed by atoms with van der Waals surface area (Å²) in [5, 5.41) is 7.77. The molecule has 1 heteroatoms. The molecule has 0 unspecified atom stereocenters. The van der Waals surface area contributed by atoms with E-state index in [1.165, 1.54) is 110 Å². The molecule has 0 bridgehead atoms. The minimum Gasteiger partial charge on any atom is -0.309 e. The molecule has 0 fully saturated rings. The number of aromatic nitrogens is 1. The third kappa shape index (κ3) is 3.61. The monoisotopic (exact) mass is 671 g/mol. The molecule has 0 saturated heterocycles. The summed E-state index contributed by atoms with van der Waals surface area (Å²) in [6.45, 7) is 2.20. The predicted molar refractivity (Wildman–Crippen MR) is 222 cm³/mol. The summed E-state index contributed by atoms with van der Waals surface area (Å²) in [5.74, 6) is 0. The maximum Gasteiger partial charge on any atom is 0.0725 e. The van der Waals surface area contributed by atoms with Crippen molar-refractivity contribution in [3.05, 3.63) is 210 Å². The minimum absolute atomic E-state index is 0.347. The van der Waals surface area contributed by atoms with Crippen LogP contribution in [0.4, 0.5) is 0 Å². The van der Waals surface area contributed by atoms with Crippen molar-refractivity contribution in [3.63, 3.8) is 0 Å². The lowest BCUT2D eigenvalue weighted by molar-refractivity contribution is 0.794. The number of nitrogens with zero attached hydrogens (tertiary/aromatic N) is 1. The normalized spacial score (nSPS) is 13.5. The highest BCUT2D eigenvalue weighted by Crippen LogP contribution is 2.63. The van der Waals surface area contributed by atoms with Gasteiger partial charge in [0.05, 0.1) is 16.4 Å². The zero-order valence-electron chi connectivity index (χ0n) is 29.3. The maximum atomic E-state index is 2.50. The van der Waals surface area contributed by atoms with E-state index >= 15 is 0 Å². The summed E-state index contributed by atoms with van der Waals surface area (Å²) in [6, 6.07) is 68.2. The van der Waals surface area contributed by atoms with E-state index in [1.807, 2.05) is 0 Å². The Labute approximate surface area is 308 Å². The highest BCUT2D eigenvalue weighted by Gasteiger charge is 2.51. The van der Waals surface area contributed by atoms with Crippen LogP contribution in [0.25, 0.3) is 82.4 Å². The van der Waals surface area contributed by atoms with Crippen molar-refractivity contribution in [2.75, 3.05) is 0 Å². The van der Waals surface area contributed by atoms with E-state index in [-0.39, 0.29) is 5.41 Å². The maximum absolute atomic E-state index is 2.50. The first-order valence-electron chi connectivity index (χ1n) is 18.6. The SMILES string of the molecule is Cc1ccc2c3c4ccccc4c4ccccc4c3n(-c3ccc(-c4cccc5c4-c4ccccc4C54c5ccccc5-c5ccccc54)cc3)c2c1. The molecule has 53 heavy (non-hydrogen) atoms. The Morgan fingerprint density at radius 2 is 0.925 bits per heavy atom. The molecular formula is C52H33N. The van der Waals surface area contributed by atoms with Gasteiger partial charge >= 0.3 is 0 Å². The summed E-state index contributed by atoms with van der Waals surface area (Å²) in [7, 11) is 0. The fourth-order valence-electron chi connectivity index (χ4n) is 10.2. The molecule has 0 saturated carbocycles. The van der Waals surface area contributed by atoms with Gasteiger partial charge < -0.3 is 4.57 Å². The molecule has 9 aromatic carbocycles. The predicted octanol–water partition coefficient (Wildman–Crippen LogP) is 13.4. The summed E-state index contributed by atoms with van der Waals surface area (Å²) >= 11 is 0. The molecule has 10 aromatic rings. The van der Waals surface area contributed by atoms with Crippen LogP contribution < -0.4 is 0 Å². The molecule has 0 amide bonds. The summed E-state index contributed by atoms with van der Waals surface area (Å²) in [4.78, 5) is 0. The van der Waals surface area contributed by atoms with Crippen LogP contribution in [0.2, 0.25) is 0 Å². The average molecular weight is 672 g/mol. The van der Waals surface area contributed by atoms with Gasteiger partial charge in [0.2, 0.25) is 0 Å². The Morgan fingerprint density at radius 3 is 1.62 bits per heavy atom. The second-order valence-electron chi connectivity index (χ2n) is 14.8. The van der Waals surface area contributed by atoms with E-state index in [9.17, 15) is 0 Å².